The van der Waals surface area contributed by atoms with E-state index in [9.17, 15) is 0 Å². The quantitative estimate of drug-likeness (QED) is 0.910. The largest absolute Gasteiger partial charge is 0.355 e. The summed E-state index contributed by atoms with van der Waals surface area (Å²) in [5.41, 5.74) is 6.72. The van der Waals surface area contributed by atoms with Crippen molar-refractivity contribution in [3.05, 3.63) is 24.2 Å². The third-order valence-corrected chi connectivity index (χ3v) is 3.07. The van der Waals surface area contributed by atoms with Crippen molar-refractivity contribution in [1.29, 1.82) is 0 Å². The van der Waals surface area contributed by atoms with E-state index >= 15 is 0 Å². The van der Waals surface area contributed by atoms with Crippen LogP contribution in [0.25, 0.3) is 11.5 Å². The van der Waals surface area contributed by atoms with Crippen LogP contribution in [-0.4, -0.2) is 34.3 Å². The third-order valence-electron chi connectivity index (χ3n) is 3.07. The Morgan fingerprint density at radius 1 is 1.35 bits per heavy atom. The Bertz CT molecular complexity index is 545. The third kappa shape index (κ3) is 3.39. The lowest BCUT2D eigenvalue weighted by Gasteiger charge is -2.16. The number of hydrogen-bond acceptors (Lipinski definition) is 6. The van der Waals surface area contributed by atoms with E-state index in [1.54, 1.807) is 13.1 Å². The van der Waals surface area contributed by atoms with Gasteiger partial charge in [-0.15, -0.1) is 24.8 Å². The van der Waals surface area contributed by atoms with Gasteiger partial charge in [0.2, 0.25) is 0 Å². The summed E-state index contributed by atoms with van der Waals surface area (Å²) in [5.74, 6) is 2.08. The number of halogens is 2. The highest BCUT2D eigenvalue weighted by atomic mass is 35.5. The van der Waals surface area contributed by atoms with Crippen molar-refractivity contribution in [2.75, 3.05) is 18.0 Å². The summed E-state index contributed by atoms with van der Waals surface area (Å²) in [6.07, 6.45) is 2.78. The fourth-order valence-corrected chi connectivity index (χ4v) is 2.11. The molecular weight excluding hydrogens is 301 g/mol. The Balaban J connectivity index is 0.000001000. The maximum atomic E-state index is 5.88. The molecule has 0 aliphatic carbocycles. The highest BCUT2D eigenvalue weighted by molar-refractivity contribution is 5.85. The van der Waals surface area contributed by atoms with Crippen LogP contribution < -0.4 is 10.6 Å². The number of pyridine rings is 1. The molecule has 0 bridgehead atoms. The molecule has 3 rings (SSSR count). The summed E-state index contributed by atoms with van der Waals surface area (Å²) < 4.78 is 5.10. The van der Waals surface area contributed by atoms with Crippen molar-refractivity contribution in [2.24, 2.45) is 5.73 Å². The summed E-state index contributed by atoms with van der Waals surface area (Å²) in [7, 11) is 0. The molecule has 0 saturated carbocycles. The van der Waals surface area contributed by atoms with Gasteiger partial charge in [0, 0.05) is 25.3 Å². The summed E-state index contributed by atoms with van der Waals surface area (Å²) in [6.45, 7) is 3.62. The van der Waals surface area contributed by atoms with Crippen LogP contribution in [0.4, 0.5) is 5.82 Å². The van der Waals surface area contributed by atoms with Crippen LogP contribution >= 0.6 is 24.8 Å². The van der Waals surface area contributed by atoms with Crippen molar-refractivity contribution in [2.45, 2.75) is 19.4 Å². The number of rotatable bonds is 2. The fourth-order valence-electron chi connectivity index (χ4n) is 2.11. The van der Waals surface area contributed by atoms with Crippen molar-refractivity contribution in [3.8, 4) is 11.5 Å². The number of hydrogen-bond donors (Lipinski definition) is 1. The zero-order valence-electron chi connectivity index (χ0n) is 11.0. The van der Waals surface area contributed by atoms with Crippen molar-refractivity contribution in [1.82, 2.24) is 15.1 Å². The van der Waals surface area contributed by atoms with E-state index in [1.165, 1.54) is 0 Å². The molecule has 1 aliphatic rings. The number of aryl methyl sites for hydroxylation is 1. The van der Waals surface area contributed by atoms with Crippen LogP contribution in [0.3, 0.4) is 0 Å². The molecule has 2 aromatic heterocycles. The van der Waals surface area contributed by atoms with Gasteiger partial charge in [0.05, 0.1) is 5.56 Å². The maximum Gasteiger partial charge on any atom is 0.259 e. The van der Waals surface area contributed by atoms with Gasteiger partial charge in [-0.05, 0) is 25.5 Å². The number of nitrogens with zero attached hydrogens (tertiary/aromatic N) is 4. The second-order valence-corrected chi connectivity index (χ2v) is 4.55. The first kappa shape index (κ1) is 16.7. The molecule has 6 nitrogen and oxygen atoms in total. The molecule has 8 heteroatoms. The highest BCUT2D eigenvalue weighted by Gasteiger charge is 2.20. The molecule has 2 aromatic rings. The first-order chi connectivity index (χ1) is 8.72. The molecule has 1 atom stereocenters. The Hall–Kier alpha value is -1.37. The molecule has 1 saturated heterocycles. The number of aromatic nitrogens is 3. The van der Waals surface area contributed by atoms with Gasteiger partial charge in [0.15, 0.2) is 5.82 Å². The first-order valence-electron chi connectivity index (χ1n) is 5.99. The van der Waals surface area contributed by atoms with Crippen LogP contribution in [0.1, 0.15) is 12.2 Å². The average molecular weight is 318 g/mol. The predicted octanol–water partition coefficient (Wildman–Crippen LogP) is 1.82. The minimum absolute atomic E-state index is 0. The van der Waals surface area contributed by atoms with Crippen molar-refractivity contribution >= 4 is 30.6 Å². The smallest absolute Gasteiger partial charge is 0.259 e. The van der Waals surface area contributed by atoms with Crippen LogP contribution in [-0.2, 0) is 0 Å². The van der Waals surface area contributed by atoms with E-state index in [-0.39, 0.29) is 30.9 Å². The Kier molecular flexibility index (Phi) is 5.74. The van der Waals surface area contributed by atoms with Gasteiger partial charge in [-0.3, -0.25) is 0 Å². The highest BCUT2D eigenvalue weighted by Crippen LogP contribution is 2.21. The van der Waals surface area contributed by atoms with Crippen molar-refractivity contribution < 1.29 is 4.52 Å². The molecule has 20 heavy (non-hydrogen) atoms. The standard InChI is InChI=1S/C12H15N5O.2ClH/c1-8-15-12(18-16-8)9-2-3-11(14-6-9)17-5-4-10(13)7-17;;/h2-3,6,10H,4-5,7,13H2,1H3;2*1H. The number of anilines is 1. The Morgan fingerprint density at radius 3 is 2.65 bits per heavy atom. The van der Waals surface area contributed by atoms with E-state index in [4.69, 9.17) is 10.3 Å². The van der Waals surface area contributed by atoms with Crippen LogP contribution in [0, 0.1) is 6.92 Å². The summed E-state index contributed by atoms with van der Waals surface area (Å²) >= 11 is 0. The van der Waals surface area contributed by atoms with Crippen LogP contribution in [0.2, 0.25) is 0 Å². The monoisotopic (exact) mass is 317 g/mol. The van der Waals surface area contributed by atoms with E-state index in [0.717, 1.165) is 30.9 Å². The lowest BCUT2D eigenvalue weighted by atomic mass is 10.3. The molecule has 3 heterocycles. The van der Waals surface area contributed by atoms with Gasteiger partial charge >= 0.3 is 0 Å². The van der Waals surface area contributed by atoms with E-state index in [2.05, 4.69) is 20.0 Å². The van der Waals surface area contributed by atoms with Crippen molar-refractivity contribution in [3.63, 3.8) is 0 Å². The van der Waals surface area contributed by atoms with Gasteiger partial charge in [-0.2, -0.15) is 4.98 Å². The Morgan fingerprint density at radius 2 is 2.15 bits per heavy atom. The lowest BCUT2D eigenvalue weighted by Crippen LogP contribution is -2.26. The van der Waals surface area contributed by atoms with Gasteiger partial charge in [-0.1, -0.05) is 5.16 Å². The molecule has 2 N–H and O–H groups in total. The topological polar surface area (TPSA) is 81.1 Å². The first-order valence-corrected chi connectivity index (χ1v) is 5.99. The average Bonchev–Trinajstić information content (AvgIpc) is 2.98. The second-order valence-electron chi connectivity index (χ2n) is 4.55. The Labute approximate surface area is 129 Å². The fraction of sp³-hybridized carbons (Fsp3) is 0.417. The molecule has 0 spiro atoms. The molecule has 110 valence electrons. The molecule has 0 radical (unpaired) electrons. The predicted molar refractivity (Wildman–Crippen MR) is 81.6 cm³/mol. The van der Waals surface area contributed by atoms with E-state index < -0.39 is 0 Å². The van der Waals surface area contributed by atoms with Gasteiger partial charge < -0.3 is 15.2 Å². The number of nitrogens with two attached hydrogens (primary N) is 1. The normalized spacial score (nSPS) is 17.5. The van der Waals surface area contributed by atoms with E-state index in [1.807, 2.05) is 12.1 Å². The molecule has 1 fully saturated rings. The summed E-state index contributed by atoms with van der Waals surface area (Å²) in [4.78, 5) is 10.8. The second kappa shape index (κ2) is 6.88. The summed E-state index contributed by atoms with van der Waals surface area (Å²) in [6, 6.07) is 4.16. The zero-order valence-corrected chi connectivity index (χ0v) is 12.7. The molecule has 0 aromatic carbocycles. The van der Waals surface area contributed by atoms with Gasteiger partial charge in [0.1, 0.15) is 5.82 Å². The van der Waals surface area contributed by atoms with Crippen LogP contribution in [0.5, 0.6) is 0 Å². The molecule has 0 amide bonds. The van der Waals surface area contributed by atoms with Gasteiger partial charge in [-0.25, -0.2) is 4.98 Å². The van der Waals surface area contributed by atoms with E-state index in [0.29, 0.717) is 11.7 Å². The minimum Gasteiger partial charge on any atom is -0.355 e. The molecule has 1 unspecified atom stereocenters. The SMILES string of the molecule is Cc1noc(-c2ccc(N3CCC(N)C3)nc2)n1.Cl.Cl. The molecule has 1 aliphatic heterocycles. The molecular formula is C12H17Cl2N5O. The van der Waals surface area contributed by atoms with Gasteiger partial charge in [0.25, 0.3) is 5.89 Å². The maximum absolute atomic E-state index is 5.88. The van der Waals surface area contributed by atoms with Crippen LogP contribution in [0.15, 0.2) is 22.9 Å². The lowest BCUT2D eigenvalue weighted by molar-refractivity contribution is 0.425. The summed E-state index contributed by atoms with van der Waals surface area (Å²) in [5, 5.41) is 3.76. The zero-order chi connectivity index (χ0) is 12.5. The minimum atomic E-state index is 0.